The molecule has 3 aromatic rings. The van der Waals surface area contributed by atoms with Crippen LogP contribution >= 0.6 is 15.9 Å². The van der Waals surface area contributed by atoms with Gasteiger partial charge in [0.2, 0.25) is 0 Å². The minimum atomic E-state index is -0.398. The molecule has 156 valence electrons. The third-order valence-corrected chi connectivity index (χ3v) is 5.81. The first-order chi connectivity index (χ1) is 14.2. The molecule has 1 aliphatic rings. The Balaban J connectivity index is 1.69. The number of aryl methyl sites for hydroxylation is 1. The number of carbonyl (C=O) groups excluding carboxylic acids is 2. The van der Waals surface area contributed by atoms with Crippen molar-refractivity contribution in [2.45, 2.75) is 52.0 Å². The highest BCUT2D eigenvalue weighted by atomic mass is 79.9. The van der Waals surface area contributed by atoms with Gasteiger partial charge in [-0.3, -0.25) is 20.4 Å². The van der Waals surface area contributed by atoms with Crippen LogP contribution < -0.4 is 10.9 Å². The normalized spacial score (nSPS) is 14.0. The van der Waals surface area contributed by atoms with Crippen molar-refractivity contribution in [1.82, 2.24) is 25.6 Å². The number of benzene rings is 1. The van der Waals surface area contributed by atoms with E-state index in [4.69, 9.17) is 4.98 Å². The van der Waals surface area contributed by atoms with Crippen LogP contribution in [-0.4, -0.2) is 26.6 Å². The number of nitrogens with zero attached hydrogens (tertiary/aromatic N) is 3. The lowest BCUT2D eigenvalue weighted by molar-refractivity contribution is 0.0847. The van der Waals surface area contributed by atoms with Gasteiger partial charge < -0.3 is 0 Å². The van der Waals surface area contributed by atoms with Crippen LogP contribution in [0.1, 0.15) is 71.6 Å². The Morgan fingerprint density at radius 2 is 1.73 bits per heavy atom. The van der Waals surface area contributed by atoms with Crippen molar-refractivity contribution in [3.05, 3.63) is 57.3 Å². The van der Waals surface area contributed by atoms with Gasteiger partial charge in [-0.25, -0.2) is 9.67 Å². The van der Waals surface area contributed by atoms with Crippen molar-refractivity contribution in [2.24, 2.45) is 0 Å². The van der Waals surface area contributed by atoms with Crippen molar-refractivity contribution >= 4 is 38.8 Å². The van der Waals surface area contributed by atoms with Gasteiger partial charge in [0.1, 0.15) is 0 Å². The quantitative estimate of drug-likeness (QED) is 0.562. The van der Waals surface area contributed by atoms with Crippen molar-refractivity contribution in [2.75, 3.05) is 0 Å². The maximum absolute atomic E-state index is 13.1. The Morgan fingerprint density at radius 3 is 2.33 bits per heavy atom. The molecule has 2 amide bonds. The molecule has 0 aliphatic heterocycles. The summed E-state index contributed by atoms with van der Waals surface area (Å²) in [5.41, 5.74) is 8.03. The van der Waals surface area contributed by atoms with Gasteiger partial charge in [0.15, 0.2) is 5.65 Å². The first-order valence-corrected chi connectivity index (χ1v) is 10.7. The molecule has 2 heterocycles. The van der Waals surface area contributed by atoms with Gasteiger partial charge in [-0.1, -0.05) is 12.1 Å². The Labute approximate surface area is 183 Å². The van der Waals surface area contributed by atoms with E-state index in [0.29, 0.717) is 32.6 Å². The van der Waals surface area contributed by atoms with Crippen LogP contribution in [0.2, 0.25) is 0 Å². The molecule has 0 saturated heterocycles. The lowest BCUT2D eigenvalue weighted by atomic mass is 10.1. The Hall–Kier alpha value is -2.74. The van der Waals surface area contributed by atoms with Crippen molar-refractivity contribution in [1.29, 1.82) is 0 Å². The second-order valence-electron chi connectivity index (χ2n) is 8.62. The van der Waals surface area contributed by atoms with Gasteiger partial charge >= 0.3 is 0 Å². The highest BCUT2D eigenvalue weighted by molar-refractivity contribution is 9.10. The average molecular weight is 470 g/mol. The SMILES string of the molecule is Cc1nn(C(C)(C)C)c2nc(C3CC3)cc(C(=O)NNC(=O)c3ccccc3Br)c12. The van der Waals surface area contributed by atoms with Gasteiger partial charge in [-0.15, -0.1) is 0 Å². The van der Waals surface area contributed by atoms with E-state index in [-0.39, 0.29) is 11.4 Å². The molecule has 0 unspecified atom stereocenters. The topological polar surface area (TPSA) is 88.9 Å². The summed E-state index contributed by atoms with van der Waals surface area (Å²) in [6, 6.07) is 8.87. The fourth-order valence-corrected chi connectivity index (χ4v) is 3.90. The molecular formula is C22H24BrN5O2. The van der Waals surface area contributed by atoms with E-state index in [1.165, 1.54) is 0 Å². The number of pyridine rings is 1. The standard InChI is InChI=1S/C22H24BrN5O2/c1-12-18-15(21(30)26-25-20(29)14-7-5-6-8-16(14)23)11-17(13-9-10-13)24-19(18)28(27-12)22(2,3)4/h5-8,11,13H,9-10H2,1-4H3,(H,25,29)(H,26,30). The van der Waals surface area contributed by atoms with E-state index in [1.54, 1.807) is 18.2 Å². The van der Waals surface area contributed by atoms with Gasteiger partial charge in [0, 0.05) is 16.1 Å². The maximum atomic E-state index is 13.1. The highest BCUT2D eigenvalue weighted by Gasteiger charge is 2.30. The van der Waals surface area contributed by atoms with Gasteiger partial charge in [0.25, 0.3) is 11.8 Å². The lowest BCUT2D eigenvalue weighted by Gasteiger charge is -2.20. The van der Waals surface area contributed by atoms with E-state index in [2.05, 4.69) is 52.7 Å². The van der Waals surface area contributed by atoms with Crippen molar-refractivity contribution in [3.63, 3.8) is 0 Å². The zero-order valence-corrected chi connectivity index (χ0v) is 19.0. The van der Waals surface area contributed by atoms with Gasteiger partial charge in [-0.2, -0.15) is 5.10 Å². The van der Waals surface area contributed by atoms with Crippen LogP contribution in [0.5, 0.6) is 0 Å². The number of rotatable bonds is 3. The summed E-state index contributed by atoms with van der Waals surface area (Å²) in [5.74, 6) is -0.411. The summed E-state index contributed by atoms with van der Waals surface area (Å²) in [7, 11) is 0. The minimum Gasteiger partial charge on any atom is -0.267 e. The van der Waals surface area contributed by atoms with Crippen molar-refractivity contribution < 1.29 is 9.59 Å². The zero-order valence-electron chi connectivity index (χ0n) is 17.4. The van der Waals surface area contributed by atoms with E-state index < -0.39 is 5.91 Å². The number of halogens is 1. The largest absolute Gasteiger partial charge is 0.270 e. The summed E-state index contributed by atoms with van der Waals surface area (Å²) in [6.45, 7) is 8.05. The van der Waals surface area contributed by atoms with Gasteiger partial charge in [0.05, 0.1) is 27.7 Å². The molecule has 0 spiro atoms. The minimum absolute atomic E-state index is 0.275. The summed E-state index contributed by atoms with van der Waals surface area (Å²) in [5, 5.41) is 5.37. The number of hydrazine groups is 1. The first-order valence-electron chi connectivity index (χ1n) is 9.93. The second kappa shape index (κ2) is 7.50. The molecule has 7 nitrogen and oxygen atoms in total. The third kappa shape index (κ3) is 3.84. The van der Waals surface area contributed by atoms with E-state index >= 15 is 0 Å². The number of aromatic nitrogens is 3. The van der Waals surface area contributed by atoms with Crippen LogP contribution in [-0.2, 0) is 5.54 Å². The number of nitrogens with one attached hydrogen (secondary N) is 2. The zero-order chi connectivity index (χ0) is 21.6. The van der Waals surface area contributed by atoms with Crippen LogP contribution in [0.3, 0.4) is 0 Å². The monoisotopic (exact) mass is 469 g/mol. The number of hydrogen-bond acceptors (Lipinski definition) is 4. The van der Waals surface area contributed by atoms with Gasteiger partial charge in [-0.05, 0) is 74.7 Å². The van der Waals surface area contributed by atoms with E-state index in [9.17, 15) is 9.59 Å². The molecule has 1 aromatic carbocycles. The second-order valence-corrected chi connectivity index (χ2v) is 9.48. The third-order valence-electron chi connectivity index (χ3n) is 5.12. The van der Waals surface area contributed by atoms with E-state index in [1.807, 2.05) is 23.7 Å². The first kappa shape index (κ1) is 20.5. The Morgan fingerprint density at radius 1 is 1.10 bits per heavy atom. The molecule has 0 radical (unpaired) electrons. The molecule has 1 saturated carbocycles. The number of amides is 2. The van der Waals surface area contributed by atoms with Crippen LogP contribution in [0.15, 0.2) is 34.8 Å². The summed E-state index contributed by atoms with van der Waals surface area (Å²) in [4.78, 5) is 30.4. The Bertz CT molecular complexity index is 1160. The highest BCUT2D eigenvalue weighted by Crippen LogP contribution is 2.40. The number of hydrogen-bond donors (Lipinski definition) is 2. The number of fused-ring (bicyclic) bond motifs is 1. The predicted molar refractivity (Wildman–Crippen MR) is 118 cm³/mol. The fraction of sp³-hybridized carbons (Fsp3) is 0.364. The van der Waals surface area contributed by atoms with Crippen LogP contribution in [0.25, 0.3) is 11.0 Å². The van der Waals surface area contributed by atoms with Crippen molar-refractivity contribution in [3.8, 4) is 0 Å². The summed E-state index contributed by atoms with van der Waals surface area (Å²) >= 11 is 3.35. The van der Waals surface area contributed by atoms with E-state index in [0.717, 1.165) is 24.2 Å². The molecule has 30 heavy (non-hydrogen) atoms. The molecule has 2 aromatic heterocycles. The van der Waals surface area contributed by atoms with Crippen LogP contribution in [0.4, 0.5) is 0 Å². The Kier molecular flexibility index (Phi) is 5.13. The fourth-order valence-electron chi connectivity index (χ4n) is 3.44. The molecule has 8 heteroatoms. The van der Waals surface area contributed by atoms with Crippen LogP contribution in [0, 0.1) is 6.92 Å². The molecule has 0 atom stereocenters. The average Bonchev–Trinajstić information content (AvgIpc) is 3.48. The molecule has 1 fully saturated rings. The number of carbonyl (C=O) groups is 2. The smallest absolute Gasteiger partial charge is 0.267 e. The molecule has 0 bridgehead atoms. The summed E-state index contributed by atoms with van der Waals surface area (Å²) < 4.78 is 2.53. The lowest BCUT2D eigenvalue weighted by Crippen LogP contribution is -2.41. The molecular weight excluding hydrogens is 446 g/mol. The molecule has 4 rings (SSSR count). The predicted octanol–water partition coefficient (Wildman–Crippen LogP) is 4.21. The maximum Gasteiger partial charge on any atom is 0.270 e. The summed E-state index contributed by atoms with van der Waals surface area (Å²) in [6.07, 6.45) is 2.14. The molecule has 2 N–H and O–H groups in total. The molecule has 1 aliphatic carbocycles.